The summed E-state index contributed by atoms with van der Waals surface area (Å²) in [4.78, 5) is 30.3. The number of para-hydroxylation sites is 1. The van der Waals surface area contributed by atoms with Crippen molar-refractivity contribution in [1.82, 2.24) is 9.88 Å². The Balaban J connectivity index is 1.25. The second-order valence-electron chi connectivity index (χ2n) is 8.05. The van der Waals surface area contributed by atoms with E-state index in [1.165, 1.54) is 18.9 Å². The Morgan fingerprint density at radius 2 is 1.71 bits per heavy atom. The van der Waals surface area contributed by atoms with E-state index in [1.54, 1.807) is 36.5 Å². The quantitative estimate of drug-likeness (QED) is 0.466. The van der Waals surface area contributed by atoms with E-state index in [0.29, 0.717) is 23.8 Å². The predicted octanol–water partition coefficient (Wildman–Crippen LogP) is 4.23. The van der Waals surface area contributed by atoms with Crippen LogP contribution in [0, 0.1) is 0 Å². The van der Waals surface area contributed by atoms with E-state index in [4.69, 9.17) is 9.47 Å². The fraction of sp³-hybridized carbons (Fsp3) is 0.269. The van der Waals surface area contributed by atoms with Crippen LogP contribution in [0.15, 0.2) is 66.9 Å². The van der Waals surface area contributed by atoms with Crippen molar-refractivity contribution in [2.45, 2.75) is 19.3 Å². The lowest BCUT2D eigenvalue weighted by atomic mass is 10.1. The van der Waals surface area contributed by atoms with Crippen molar-refractivity contribution in [2.75, 3.05) is 31.6 Å². The van der Waals surface area contributed by atoms with Gasteiger partial charge in [-0.05, 0) is 67.9 Å². The molecule has 8 heteroatoms. The SMILES string of the molecule is O=C(Cc1ccc(Oc2ccc(OCCN3CCCC3)cc2)nc1)Nc1ccccc1C(=O)O. The number of benzene rings is 2. The number of hydrogen-bond donors (Lipinski definition) is 2. The van der Waals surface area contributed by atoms with Crippen LogP contribution < -0.4 is 14.8 Å². The van der Waals surface area contributed by atoms with E-state index in [-0.39, 0.29) is 23.6 Å². The summed E-state index contributed by atoms with van der Waals surface area (Å²) in [7, 11) is 0. The third-order valence-corrected chi connectivity index (χ3v) is 5.51. The molecule has 1 amide bonds. The first-order valence-electron chi connectivity index (χ1n) is 11.3. The number of aromatic carboxylic acids is 1. The number of likely N-dealkylation sites (tertiary alicyclic amines) is 1. The molecular weight excluding hydrogens is 434 g/mol. The van der Waals surface area contributed by atoms with Gasteiger partial charge in [0.15, 0.2) is 0 Å². The molecule has 1 aliphatic rings. The first-order valence-corrected chi connectivity index (χ1v) is 11.3. The summed E-state index contributed by atoms with van der Waals surface area (Å²) in [5.41, 5.74) is 0.983. The van der Waals surface area contributed by atoms with E-state index < -0.39 is 5.97 Å². The number of carbonyl (C=O) groups is 2. The Bertz CT molecular complexity index is 1110. The molecule has 0 bridgehead atoms. The minimum Gasteiger partial charge on any atom is -0.492 e. The number of amides is 1. The number of carbonyl (C=O) groups excluding carboxylic acids is 1. The summed E-state index contributed by atoms with van der Waals surface area (Å²) >= 11 is 0. The Morgan fingerprint density at radius 3 is 2.41 bits per heavy atom. The predicted molar refractivity (Wildman–Crippen MR) is 128 cm³/mol. The summed E-state index contributed by atoms with van der Waals surface area (Å²) in [6.45, 7) is 3.92. The molecule has 1 fully saturated rings. The maximum absolute atomic E-state index is 12.3. The van der Waals surface area contributed by atoms with E-state index in [0.717, 1.165) is 25.4 Å². The Morgan fingerprint density at radius 1 is 0.971 bits per heavy atom. The molecule has 4 rings (SSSR count). The molecule has 8 nitrogen and oxygen atoms in total. The van der Waals surface area contributed by atoms with E-state index in [1.807, 2.05) is 24.3 Å². The number of carboxylic acids is 1. The van der Waals surface area contributed by atoms with Crippen LogP contribution >= 0.6 is 0 Å². The van der Waals surface area contributed by atoms with Crippen LogP contribution in [-0.4, -0.2) is 53.1 Å². The molecule has 3 aromatic rings. The highest BCUT2D eigenvalue weighted by molar-refractivity contribution is 6.00. The molecule has 0 saturated carbocycles. The summed E-state index contributed by atoms with van der Waals surface area (Å²) in [6, 6.07) is 17.1. The highest BCUT2D eigenvalue weighted by Gasteiger charge is 2.13. The Kier molecular flexibility index (Phi) is 7.72. The van der Waals surface area contributed by atoms with Gasteiger partial charge in [0.05, 0.1) is 17.7 Å². The molecule has 0 atom stereocenters. The second-order valence-corrected chi connectivity index (χ2v) is 8.05. The van der Waals surface area contributed by atoms with Gasteiger partial charge in [-0.2, -0.15) is 0 Å². The normalized spacial score (nSPS) is 13.4. The number of pyridine rings is 1. The zero-order chi connectivity index (χ0) is 23.8. The summed E-state index contributed by atoms with van der Waals surface area (Å²) in [5.74, 6) is 0.411. The van der Waals surface area contributed by atoms with Gasteiger partial charge < -0.3 is 19.9 Å². The Hall–Kier alpha value is -3.91. The number of hydrogen-bond acceptors (Lipinski definition) is 6. The van der Waals surface area contributed by atoms with Crippen LogP contribution in [0.5, 0.6) is 17.4 Å². The molecule has 2 heterocycles. The molecule has 0 radical (unpaired) electrons. The summed E-state index contributed by atoms with van der Waals surface area (Å²) < 4.78 is 11.6. The lowest BCUT2D eigenvalue weighted by molar-refractivity contribution is -0.115. The van der Waals surface area contributed by atoms with Crippen LogP contribution in [0.1, 0.15) is 28.8 Å². The van der Waals surface area contributed by atoms with Crippen LogP contribution in [0.25, 0.3) is 0 Å². The van der Waals surface area contributed by atoms with Gasteiger partial charge in [-0.3, -0.25) is 9.69 Å². The third kappa shape index (κ3) is 6.55. The molecule has 1 aliphatic heterocycles. The molecule has 176 valence electrons. The molecule has 2 aromatic carbocycles. The van der Waals surface area contributed by atoms with Gasteiger partial charge in [0.25, 0.3) is 0 Å². The molecule has 0 unspecified atom stereocenters. The molecule has 34 heavy (non-hydrogen) atoms. The van der Waals surface area contributed by atoms with Gasteiger partial charge in [-0.1, -0.05) is 18.2 Å². The molecule has 0 spiro atoms. The van der Waals surface area contributed by atoms with E-state index >= 15 is 0 Å². The van der Waals surface area contributed by atoms with Crippen molar-refractivity contribution in [3.05, 3.63) is 78.0 Å². The highest BCUT2D eigenvalue weighted by Crippen LogP contribution is 2.23. The zero-order valence-corrected chi connectivity index (χ0v) is 18.8. The van der Waals surface area contributed by atoms with Crippen molar-refractivity contribution in [1.29, 1.82) is 0 Å². The van der Waals surface area contributed by atoms with Gasteiger partial charge in [0.2, 0.25) is 11.8 Å². The molecule has 1 aromatic heterocycles. The van der Waals surface area contributed by atoms with Gasteiger partial charge >= 0.3 is 5.97 Å². The molecule has 1 saturated heterocycles. The van der Waals surface area contributed by atoms with Crippen LogP contribution in [0.4, 0.5) is 5.69 Å². The average Bonchev–Trinajstić information content (AvgIpc) is 3.35. The van der Waals surface area contributed by atoms with Crippen LogP contribution in [0.2, 0.25) is 0 Å². The number of anilines is 1. The largest absolute Gasteiger partial charge is 0.492 e. The number of rotatable bonds is 10. The number of ether oxygens (including phenoxy) is 2. The fourth-order valence-electron chi connectivity index (χ4n) is 3.76. The maximum Gasteiger partial charge on any atom is 0.337 e. The number of aromatic nitrogens is 1. The maximum atomic E-state index is 12.3. The van der Waals surface area contributed by atoms with E-state index in [9.17, 15) is 14.7 Å². The first kappa shape index (κ1) is 23.3. The standard InChI is InChI=1S/C26H27N3O5/c30-24(28-23-6-2-1-5-22(23)26(31)32)17-19-7-12-25(27-18-19)34-21-10-8-20(9-11-21)33-16-15-29-13-3-4-14-29/h1-2,5-12,18H,3-4,13-17H2,(H,28,30)(H,31,32). The van der Waals surface area contributed by atoms with Gasteiger partial charge in [0, 0.05) is 18.8 Å². The Labute approximate surface area is 198 Å². The topological polar surface area (TPSA) is 101 Å². The third-order valence-electron chi connectivity index (χ3n) is 5.51. The minimum absolute atomic E-state index is 0.0423. The lowest BCUT2D eigenvalue weighted by Crippen LogP contribution is -2.25. The van der Waals surface area contributed by atoms with Gasteiger partial charge in [0.1, 0.15) is 18.1 Å². The lowest BCUT2D eigenvalue weighted by Gasteiger charge is -2.15. The number of nitrogens with one attached hydrogen (secondary N) is 1. The van der Waals surface area contributed by atoms with Crippen molar-refractivity contribution < 1.29 is 24.2 Å². The summed E-state index contributed by atoms with van der Waals surface area (Å²) in [5, 5.41) is 11.9. The smallest absolute Gasteiger partial charge is 0.337 e. The van der Waals surface area contributed by atoms with Crippen molar-refractivity contribution in [2.24, 2.45) is 0 Å². The van der Waals surface area contributed by atoms with E-state index in [2.05, 4.69) is 15.2 Å². The molecule has 2 N–H and O–H groups in total. The van der Waals surface area contributed by atoms with Crippen molar-refractivity contribution >= 4 is 17.6 Å². The monoisotopic (exact) mass is 461 g/mol. The average molecular weight is 462 g/mol. The van der Waals surface area contributed by atoms with Gasteiger partial charge in [-0.15, -0.1) is 0 Å². The number of carboxylic acid groups (broad SMARTS) is 1. The van der Waals surface area contributed by atoms with Crippen molar-refractivity contribution in [3.63, 3.8) is 0 Å². The highest BCUT2D eigenvalue weighted by atomic mass is 16.5. The summed E-state index contributed by atoms with van der Waals surface area (Å²) in [6.07, 6.45) is 4.17. The first-order chi connectivity index (χ1) is 16.6. The number of nitrogens with zero attached hydrogens (tertiary/aromatic N) is 2. The molecular formula is C26H27N3O5. The van der Waals surface area contributed by atoms with Crippen molar-refractivity contribution in [3.8, 4) is 17.4 Å². The second kappa shape index (κ2) is 11.3. The molecule has 0 aliphatic carbocycles. The van der Waals surface area contributed by atoms with Crippen LogP contribution in [0.3, 0.4) is 0 Å². The van der Waals surface area contributed by atoms with Gasteiger partial charge in [-0.25, -0.2) is 9.78 Å². The zero-order valence-electron chi connectivity index (χ0n) is 18.8. The van der Waals surface area contributed by atoms with Crippen LogP contribution in [-0.2, 0) is 11.2 Å². The fourth-order valence-corrected chi connectivity index (χ4v) is 3.76. The minimum atomic E-state index is -1.10.